The first-order valence-corrected chi connectivity index (χ1v) is 26.0. The van der Waals surface area contributed by atoms with Crippen LogP contribution in [-0.4, -0.2) is 178 Å². The molecule has 0 spiro atoms. The molecule has 6 N–H and O–H groups in total. The van der Waals surface area contributed by atoms with Crippen LogP contribution in [0, 0.1) is 0 Å². The van der Waals surface area contributed by atoms with Gasteiger partial charge < -0.3 is 50.5 Å². The number of rotatable bonds is 34. The van der Waals surface area contributed by atoms with E-state index in [1.54, 1.807) is 0 Å². The number of thioether (sulfide) groups is 1. The summed E-state index contributed by atoms with van der Waals surface area (Å²) in [7, 11) is -8.96. The summed E-state index contributed by atoms with van der Waals surface area (Å²) in [6.45, 7) is 0.748. The van der Waals surface area contributed by atoms with Crippen LogP contribution in [0.5, 0.6) is 0 Å². The van der Waals surface area contributed by atoms with Gasteiger partial charge in [0, 0.05) is 51.9 Å². The fourth-order valence-electron chi connectivity index (χ4n) is 6.93. The Morgan fingerprint density at radius 1 is 0.955 bits per heavy atom. The minimum Gasteiger partial charge on any atom is -0.386 e. The lowest BCUT2D eigenvalue weighted by atomic mass is 10.0. The van der Waals surface area contributed by atoms with E-state index in [2.05, 4.69) is 30.9 Å². The molecule has 9 unspecified atom stereocenters. The van der Waals surface area contributed by atoms with E-state index in [1.807, 2.05) is 11.8 Å². The molecule has 3 fully saturated rings. The molecule has 0 aromatic carbocycles. The largest absolute Gasteiger partial charge is 0.475 e. The lowest BCUT2D eigenvalue weighted by Crippen LogP contribution is -2.36. The van der Waals surface area contributed by atoms with E-state index >= 15 is 0 Å². The number of carbonyl (C=O) groups is 2. The molecule has 5 rings (SSSR count). The number of phosphoric acid groups is 2. The van der Waals surface area contributed by atoms with Gasteiger partial charge in [-0.15, -0.1) is 0 Å². The van der Waals surface area contributed by atoms with Gasteiger partial charge in [-0.3, -0.25) is 41.0 Å². The number of urea groups is 1. The van der Waals surface area contributed by atoms with Crippen molar-refractivity contribution in [1.29, 1.82) is 0 Å². The second-order valence-electron chi connectivity index (χ2n) is 14.7. The van der Waals surface area contributed by atoms with Gasteiger partial charge in [0.05, 0.1) is 77.9 Å². The molecule has 3 aliphatic rings. The summed E-state index contributed by atoms with van der Waals surface area (Å²) in [5.74, 6) is 0.991. The average Bonchev–Trinajstić information content (AvgIpc) is 4.07. The number of phosphoric ester groups is 2. The number of aromatic nitrogens is 4. The van der Waals surface area contributed by atoms with Crippen LogP contribution < -0.4 is 21.7 Å². The number of amides is 3. The summed E-state index contributed by atoms with van der Waals surface area (Å²) < 4.78 is 115. The lowest BCUT2D eigenvalue weighted by Gasteiger charge is -2.26. The predicted molar refractivity (Wildman–Crippen MR) is 231 cm³/mol. The smallest absolute Gasteiger partial charge is 0.386 e. The zero-order valence-electron chi connectivity index (χ0n) is 36.7. The topological polar surface area (TPSA) is 339 Å². The molecule has 31 heteroatoms. The van der Waals surface area contributed by atoms with Crippen molar-refractivity contribution >= 4 is 64.2 Å². The standard InChI is InChI=1S/C35H59N8O19P3S/c1-51-64(49,52-2)59-19-25-31(30(45)34(60-25)43-22-40-29-32(36)38-21-39-33(29)43)62-65(50,53-3)58-18-23(61-63(47)48)17-57-16-15-56-14-13-55-12-11-54-10-6-9-37-27(44)8-5-4-7-26-28-24(20-66-26)41-35(46)42-28/h21-26,28,30-31,34,45H,4-20H2,1-3H3,(H,37,44)(H2,36,38,39)(H2,41,42,46). The lowest BCUT2D eigenvalue weighted by molar-refractivity contribution is -0.121. The number of hydrogen-bond donors (Lipinski definition) is 5. The van der Waals surface area contributed by atoms with Crippen LogP contribution in [0.25, 0.3) is 11.2 Å². The Bertz CT molecular complexity index is 1990. The minimum absolute atomic E-state index is 0.0135. The van der Waals surface area contributed by atoms with E-state index in [9.17, 15) is 33.0 Å². The van der Waals surface area contributed by atoms with Crippen molar-refractivity contribution in [3.8, 4) is 0 Å². The molecule has 9 atom stereocenters. The normalized spacial score (nSPS) is 24.2. The number of nitrogens with one attached hydrogen (secondary N) is 3. The number of hydrogen-bond acceptors (Lipinski definition) is 24. The van der Waals surface area contributed by atoms with Crippen molar-refractivity contribution in [2.75, 3.05) is 105 Å². The quantitative estimate of drug-likeness (QED) is 0.0380. The van der Waals surface area contributed by atoms with Crippen molar-refractivity contribution in [3.63, 3.8) is 0 Å². The first kappa shape index (κ1) is 54.2. The number of aliphatic hydroxyl groups is 1. The molecule has 2 aromatic rings. The second-order valence-corrected chi connectivity index (χ2v) is 20.2. The van der Waals surface area contributed by atoms with Gasteiger partial charge in [-0.25, -0.2) is 38.0 Å². The first-order valence-electron chi connectivity index (χ1n) is 21.0. The average molecular weight is 1020 g/mol. The number of unbranched alkanes of at least 4 members (excludes halogenated alkanes) is 1. The third-order valence-corrected chi connectivity index (χ3v) is 15.0. The van der Waals surface area contributed by atoms with Gasteiger partial charge in [0.25, 0.3) is 0 Å². The maximum atomic E-state index is 13.8. The number of imidazole rings is 1. The number of nitrogens with two attached hydrogens (primary N) is 1. The fourth-order valence-corrected chi connectivity index (χ4v) is 10.7. The Morgan fingerprint density at radius 3 is 2.35 bits per heavy atom. The molecular formula is C35H59N8O19P3S. The van der Waals surface area contributed by atoms with E-state index in [4.69, 9.17) is 61.1 Å². The van der Waals surface area contributed by atoms with E-state index in [0.29, 0.717) is 44.5 Å². The van der Waals surface area contributed by atoms with Crippen molar-refractivity contribution < 1.29 is 88.3 Å². The Morgan fingerprint density at radius 2 is 1.65 bits per heavy atom. The maximum Gasteiger partial charge on any atom is 0.475 e. The van der Waals surface area contributed by atoms with Gasteiger partial charge in [0.15, 0.2) is 17.7 Å². The van der Waals surface area contributed by atoms with E-state index in [0.717, 1.165) is 46.3 Å². The van der Waals surface area contributed by atoms with Crippen LogP contribution in [0.4, 0.5) is 10.6 Å². The Kier molecular flexibility index (Phi) is 22.6. The first-order chi connectivity index (χ1) is 31.8. The zero-order valence-corrected chi connectivity index (χ0v) is 40.2. The summed E-state index contributed by atoms with van der Waals surface area (Å²) in [5, 5.41) is 20.7. The Labute approximate surface area is 385 Å². The summed E-state index contributed by atoms with van der Waals surface area (Å²) in [4.78, 5) is 35.9. The van der Waals surface area contributed by atoms with Crippen LogP contribution in [0.15, 0.2) is 12.7 Å². The molecule has 5 heterocycles. The number of carbonyl (C=O) groups excluding carboxylic acids is 2. The molecular weight excluding hydrogens is 961 g/mol. The van der Waals surface area contributed by atoms with Gasteiger partial charge in [-0.2, -0.15) is 11.8 Å². The summed E-state index contributed by atoms with van der Waals surface area (Å²) in [6.07, 6.45) is -0.873. The van der Waals surface area contributed by atoms with Crippen LogP contribution in [-0.2, 0) is 78.4 Å². The van der Waals surface area contributed by atoms with Gasteiger partial charge in [-0.1, -0.05) is 6.42 Å². The highest BCUT2D eigenvalue weighted by atomic mass is 32.2. The van der Waals surface area contributed by atoms with E-state index in [1.165, 1.54) is 17.2 Å². The van der Waals surface area contributed by atoms with Crippen LogP contribution >= 0.6 is 35.3 Å². The highest BCUT2D eigenvalue weighted by molar-refractivity contribution is 8.00. The number of nitrogen functional groups attached to an aromatic ring is 1. The van der Waals surface area contributed by atoms with Crippen molar-refractivity contribution in [2.24, 2.45) is 0 Å². The van der Waals surface area contributed by atoms with Gasteiger partial charge in [-0.05, 0) is 19.3 Å². The van der Waals surface area contributed by atoms with Crippen LogP contribution in [0.3, 0.4) is 0 Å². The predicted octanol–water partition coefficient (Wildman–Crippen LogP) is 2.01. The second kappa shape index (κ2) is 27.5. The van der Waals surface area contributed by atoms with Gasteiger partial charge >= 0.3 is 29.6 Å². The summed E-state index contributed by atoms with van der Waals surface area (Å²) in [6, 6.07) is 0.295. The third kappa shape index (κ3) is 16.5. The van der Waals surface area contributed by atoms with Gasteiger partial charge in [0.1, 0.15) is 36.3 Å². The number of aliphatic hydroxyl groups excluding tert-OH is 1. The highest BCUT2D eigenvalue weighted by Crippen LogP contribution is 2.54. The minimum atomic E-state index is -4.65. The molecule has 0 radical (unpaired) electrons. The highest BCUT2D eigenvalue weighted by Gasteiger charge is 2.51. The van der Waals surface area contributed by atoms with Crippen molar-refractivity contribution in [1.82, 2.24) is 35.5 Å². The molecule has 0 aliphatic carbocycles. The molecule has 374 valence electrons. The van der Waals surface area contributed by atoms with Gasteiger partial charge in [0.2, 0.25) is 5.91 Å². The number of fused-ring (bicyclic) bond motifs is 2. The molecule has 2 aromatic heterocycles. The van der Waals surface area contributed by atoms with Crippen LogP contribution in [0.1, 0.15) is 38.3 Å². The molecule has 0 saturated carbocycles. The molecule has 3 aliphatic heterocycles. The summed E-state index contributed by atoms with van der Waals surface area (Å²) >= 11 is 1.87. The molecule has 27 nitrogen and oxygen atoms in total. The monoisotopic (exact) mass is 1020 g/mol. The van der Waals surface area contributed by atoms with Crippen molar-refractivity contribution in [2.45, 2.75) is 80.1 Å². The van der Waals surface area contributed by atoms with Crippen molar-refractivity contribution in [3.05, 3.63) is 12.7 Å². The number of nitrogens with zero attached hydrogens (tertiary/aromatic N) is 4. The van der Waals surface area contributed by atoms with Crippen LogP contribution in [0.2, 0.25) is 0 Å². The summed E-state index contributed by atoms with van der Waals surface area (Å²) in [5.41, 5.74) is 6.28. The SMILES string of the molecule is COP(=O)(OC)OCC1OC(n2cnc3c(N)ncnc32)C(O)C1OP(=O)(OC)OCC(COCCOCCOCCOCCCNC(=O)CCCCC1SCC2NC(=O)NC21)OP(=O)=O. The number of ether oxygens (including phenoxy) is 5. The van der Waals surface area contributed by atoms with E-state index < -0.39 is 67.4 Å². The molecule has 0 bridgehead atoms. The number of anilines is 1. The van der Waals surface area contributed by atoms with E-state index in [-0.39, 0.29) is 74.0 Å². The maximum absolute atomic E-state index is 13.8. The molecule has 3 saturated heterocycles. The molecule has 66 heavy (non-hydrogen) atoms. The Balaban J connectivity index is 0.929. The zero-order chi connectivity index (χ0) is 47.5. The molecule has 3 amide bonds. The third-order valence-electron chi connectivity index (χ3n) is 10.2. The Hall–Kier alpha value is -2.72. The fraction of sp³-hybridized carbons (Fsp3) is 0.800.